The quantitative estimate of drug-likeness (QED) is 0.629. The molecule has 1 fully saturated rings. The second kappa shape index (κ2) is 8.64. The van der Waals surface area contributed by atoms with Crippen LogP contribution in [-0.4, -0.2) is 53.2 Å². The maximum Gasteiger partial charge on any atom is 0.228 e. The molecular weight excluding hydrogens is 414 g/mol. The molecule has 0 unspecified atom stereocenters. The first-order chi connectivity index (χ1) is 15.2. The highest BCUT2D eigenvalue weighted by molar-refractivity contribution is 6.33. The number of pyridine rings is 2. The lowest BCUT2D eigenvalue weighted by Crippen LogP contribution is -2.43. The van der Waals surface area contributed by atoms with E-state index in [1.54, 1.807) is 19.5 Å². The minimum Gasteiger partial charge on any atom is -0.481 e. The van der Waals surface area contributed by atoms with Crippen molar-refractivity contribution in [1.29, 1.82) is 0 Å². The Kier molecular flexibility index (Phi) is 5.57. The molecule has 1 aliphatic carbocycles. The van der Waals surface area contributed by atoms with Gasteiger partial charge in [-0.15, -0.1) is 0 Å². The molecule has 0 atom stereocenters. The summed E-state index contributed by atoms with van der Waals surface area (Å²) in [6, 6.07) is 4.01. The third-order valence-corrected chi connectivity index (χ3v) is 6.05. The van der Waals surface area contributed by atoms with Gasteiger partial charge in [-0.3, -0.25) is 0 Å². The molecule has 4 heterocycles. The summed E-state index contributed by atoms with van der Waals surface area (Å²) in [4.78, 5) is 20.4. The molecule has 0 radical (unpaired) electrons. The standard InChI is InChI=1S/C22H24ClN7O/c1-31-21-16-4-2-3-15(16)17(12-26-21)20-18(23)13-27-22(29-20)28-19-6-5-14(11-25-19)30-9-7-24-8-10-30/h5-6,11-13,24H,2-4,7-10H2,1H3,(H,25,27,28,29). The van der Waals surface area contributed by atoms with E-state index < -0.39 is 0 Å². The summed E-state index contributed by atoms with van der Waals surface area (Å²) in [6.07, 6.45) is 8.28. The monoisotopic (exact) mass is 437 g/mol. The fraction of sp³-hybridized carbons (Fsp3) is 0.364. The molecule has 2 aliphatic rings. The first-order valence-electron chi connectivity index (χ1n) is 10.5. The predicted molar refractivity (Wildman–Crippen MR) is 121 cm³/mol. The first kappa shape index (κ1) is 20.0. The van der Waals surface area contributed by atoms with Crippen molar-refractivity contribution in [2.24, 2.45) is 0 Å². The van der Waals surface area contributed by atoms with Gasteiger partial charge < -0.3 is 20.3 Å². The molecule has 0 spiro atoms. The molecular formula is C22H24ClN7O. The highest BCUT2D eigenvalue weighted by Gasteiger charge is 2.23. The molecule has 0 saturated carbocycles. The van der Waals surface area contributed by atoms with Crippen molar-refractivity contribution in [3.63, 3.8) is 0 Å². The minimum atomic E-state index is 0.449. The van der Waals surface area contributed by atoms with E-state index in [-0.39, 0.29) is 0 Å². The topological polar surface area (TPSA) is 88.1 Å². The zero-order valence-electron chi connectivity index (χ0n) is 17.4. The van der Waals surface area contributed by atoms with E-state index in [9.17, 15) is 0 Å². The van der Waals surface area contributed by atoms with Crippen LogP contribution in [0.4, 0.5) is 17.5 Å². The molecule has 0 aromatic carbocycles. The van der Waals surface area contributed by atoms with Gasteiger partial charge >= 0.3 is 0 Å². The average molecular weight is 438 g/mol. The normalized spacial score (nSPS) is 15.6. The van der Waals surface area contributed by atoms with E-state index in [2.05, 4.69) is 41.5 Å². The number of hydrogen-bond acceptors (Lipinski definition) is 8. The Balaban J connectivity index is 1.40. The molecule has 3 aromatic rings. The van der Waals surface area contributed by atoms with Crippen LogP contribution in [0.5, 0.6) is 5.88 Å². The summed E-state index contributed by atoms with van der Waals surface area (Å²) in [5.74, 6) is 1.82. The molecule has 3 aromatic heterocycles. The van der Waals surface area contributed by atoms with Gasteiger partial charge in [0.2, 0.25) is 11.8 Å². The number of halogens is 1. The number of aromatic nitrogens is 4. The zero-order chi connectivity index (χ0) is 21.2. The van der Waals surface area contributed by atoms with Crippen LogP contribution in [0.15, 0.2) is 30.7 Å². The van der Waals surface area contributed by atoms with Gasteiger partial charge in [0, 0.05) is 43.5 Å². The number of nitrogens with zero attached hydrogens (tertiary/aromatic N) is 5. The number of methoxy groups -OCH3 is 1. The van der Waals surface area contributed by atoms with Gasteiger partial charge in [-0.1, -0.05) is 11.6 Å². The Morgan fingerprint density at radius 2 is 1.87 bits per heavy atom. The molecule has 31 heavy (non-hydrogen) atoms. The minimum absolute atomic E-state index is 0.449. The van der Waals surface area contributed by atoms with Crippen molar-refractivity contribution in [2.45, 2.75) is 19.3 Å². The van der Waals surface area contributed by atoms with Crippen LogP contribution in [0.2, 0.25) is 5.02 Å². The number of piperazine rings is 1. The van der Waals surface area contributed by atoms with Gasteiger partial charge in [0.25, 0.3) is 0 Å². The van der Waals surface area contributed by atoms with Crippen LogP contribution in [0, 0.1) is 0 Å². The Labute approximate surface area is 186 Å². The number of ether oxygens (including phenoxy) is 1. The SMILES string of the molecule is COc1ncc(-c2nc(Nc3ccc(N4CCNCC4)cn3)ncc2Cl)c2c1CCC2. The number of nitrogens with one attached hydrogen (secondary N) is 2. The second-order valence-corrected chi connectivity index (χ2v) is 8.05. The van der Waals surface area contributed by atoms with E-state index in [0.29, 0.717) is 28.4 Å². The van der Waals surface area contributed by atoms with Gasteiger partial charge in [0.1, 0.15) is 5.82 Å². The molecule has 1 aliphatic heterocycles. The van der Waals surface area contributed by atoms with Crippen molar-refractivity contribution in [3.8, 4) is 17.1 Å². The number of fused-ring (bicyclic) bond motifs is 1. The van der Waals surface area contributed by atoms with E-state index in [1.165, 1.54) is 5.56 Å². The summed E-state index contributed by atoms with van der Waals surface area (Å²) in [5, 5.41) is 7.05. The molecule has 1 saturated heterocycles. The summed E-state index contributed by atoms with van der Waals surface area (Å²) >= 11 is 6.48. The maximum atomic E-state index is 6.48. The van der Waals surface area contributed by atoms with Crippen LogP contribution in [0.1, 0.15) is 17.5 Å². The lowest BCUT2D eigenvalue weighted by atomic mass is 10.0. The van der Waals surface area contributed by atoms with Crippen molar-refractivity contribution >= 4 is 29.1 Å². The number of rotatable bonds is 5. The third kappa shape index (κ3) is 4.00. The predicted octanol–water partition coefficient (Wildman–Crippen LogP) is 3.24. The highest BCUT2D eigenvalue weighted by Crippen LogP contribution is 2.38. The van der Waals surface area contributed by atoms with E-state index in [4.69, 9.17) is 16.3 Å². The number of anilines is 3. The fourth-order valence-corrected chi connectivity index (χ4v) is 4.43. The summed E-state index contributed by atoms with van der Waals surface area (Å²) < 4.78 is 5.43. The lowest BCUT2D eigenvalue weighted by molar-refractivity contribution is 0.393. The van der Waals surface area contributed by atoms with Crippen LogP contribution in [0.3, 0.4) is 0 Å². The largest absolute Gasteiger partial charge is 0.481 e. The van der Waals surface area contributed by atoms with Gasteiger partial charge in [0.15, 0.2) is 0 Å². The molecule has 0 bridgehead atoms. The molecule has 0 amide bonds. The molecule has 5 rings (SSSR count). The van der Waals surface area contributed by atoms with Crippen LogP contribution in [-0.2, 0) is 12.8 Å². The Morgan fingerprint density at radius 3 is 2.65 bits per heavy atom. The Morgan fingerprint density at radius 1 is 1.03 bits per heavy atom. The average Bonchev–Trinajstić information content (AvgIpc) is 3.31. The second-order valence-electron chi connectivity index (χ2n) is 7.65. The lowest BCUT2D eigenvalue weighted by Gasteiger charge is -2.29. The number of hydrogen-bond donors (Lipinski definition) is 2. The molecule has 9 heteroatoms. The van der Waals surface area contributed by atoms with Gasteiger partial charge in [0.05, 0.1) is 35.9 Å². The van der Waals surface area contributed by atoms with Crippen LogP contribution in [0.25, 0.3) is 11.3 Å². The smallest absolute Gasteiger partial charge is 0.228 e. The van der Waals surface area contributed by atoms with Crippen LogP contribution >= 0.6 is 11.6 Å². The van der Waals surface area contributed by atoms with Crippen molar-refractivity contribution in [1.82, 2.24) is 25.3 Å². The Bertz CT molecular complexity index is 1080. The third-order valence-electron chi connectivity index (χ3n) is 5.77. The summed E-state index contributed by atoms with van der Waals surface area (Å²) in [6.45, 7) is 3.95. The van der Waals surface area contributed by atoms with E-state index in [1.807, 2.05) is 12.3 Å². The summed E-state index contributed by atoms with van der Waals surface area (Å²) in [5.41, 5.74) is 5.08. The van der Waals surface area contributed by atoms with Crippen molar-refractivity contribution < 1.29 is 4.74 Å². The summed E-state index contributed by atoms with van der Waals surface area (Å²) in [7, 11) is 1.65. The van der Waals surface area contributed by atoms with Crippen molar-refractivity contribution in [2.75, 3.05) is 43.5 Å². The Hall–Kier alpha value is -2.97. The molecule has 8 nitrogen and oxygen atoms in total. The highest BCUT2D eigenvalue weighted by atomic mass is 35.5. The maximum absolute atomic E-state index is 6.48. The molecule has 2 N–H and O–H groups in total. The first-order valence-corrected chi connectivity index (χ1v) is 10.9. The van der Waals surface area contributed by atoms with E-state index in [0.717, 1.165) is 62.3 Å². The van der Waals surface area contributed by atoms with E-state index >= 15 is 0 Å². The van der Waals surface area contributed by atoms with Gasteiger partial charge in [-0.25, -0.2) is 19.9 Å². The van der Waals surface area contributed by atoms with Crippen LogP contribution < -0.4 is 20.3 Å². The van der Waals surface area contributed by atoms with Crippen molar-refractivity contribution in [3.05, 3.63) is 46.9 Å². The van der Waals surface area contributed by atoms with Gasteiger partial charge in [-0.2, -0.15) is 0 Å². The fourth-order valence-electron chi connectivity index (χ4n) is 4.24. The molecule has 160 valence electrons. The van der Waals surface area contributed by atoms with Gasteiger partial charge in [-0.05, 0) is 37.0 Å². The zero-order valence-corrected chi connectivity index (χ0v) is 18.1.